The Hall–Kier alpha value is -2.12. The molecule has 3 aliphatic heterocycles. The number of carboxylic acids is 1. The average molecular weight is 811 g/mol. The SMILES string of the molecule is C[C@H]1O[C@H](O[C@H]2C(CNC(=O)OCc3ccc([N+](=O)[O-])cc3)OCC[C@@H]2O[C@H]2O[C@@H](CO)[C@@H](O)[C@H](O[C@@H](CC3CCCCC3)C(=O)[O-])[C@H]2O)[C@@H](O)[C@H](O)[C@H]1O.[Na+]. The van der Waals surface area contributed by atoms with Crippen molar-refractivity contribution in [3.63, 3.8) is 0 Å². The zero-order valence-electron chi connectivity index (χ0n) is 31.3. The van der Waals surface area contributed by atoms with E-state index in [-0.39, 0.29) is 73.8 Å². The first-order chi connectivity index (χ1) is 26.3. The minimum Gasteiger partial charge on any atom is -0.547 e. The molecule has 1 aliphatic carbocycles. The number of nitro groups is 1. The molecule has 56 heavy (non-hydrogen) atoms. The third-order valence-electron chi connectivity index (χ3n) is 10.5. The molecule has 14 atom stereocenters. The number of hydrogen-bond donors (Lipinski definition) is 7. The van der Waals surface area contributed by atoms with E-state index in [1.165, 1.54) is 31.2 Å². The van der Waals surface area contributed by atoms with Gasteiger partial charge >= 0.3 is 35.7 Å². The maximum Gasteiger partial charge on any atom is 1.00 e. The summed E-state index contributed by atoms with van der Waals surface area (Å²) in [5.74, 6) is -1.49. The van der Waals surface area contributed by atoms with Gasteiger partial charge in [0.2, 0.25) is 0 Å². The van der Waals surface area contributed by atoms with Crippen molar-refractivity contribution in [3.05, 3.63) is 39.9 Å². The fraction of sp³-hybridized carbons (Fsp3) is 0.771. The number of non-ortho nitro benzene ring substituents is 1. The molecule has 0 bridgehead atoms. The summed E-state index contributed by atoms with van der Waals surface area (Å²) in [7, 11) is 0. The Kier molecular flexibility index (Phi) is 18.1. The van der Waals surface area contributed by atoms with Gasteiger partial charge in [0.05, 0.1) is 35.8 Å². The number of aliphatic hydroxyl groups excluding tert-OH is 6. The molecule has 7 N–H and O–H groups in total. The molecule has 21 heteroatoms. The van der Waals surface area contributed by atoms with E-state index in [1.807, 2.05) is 0 Å². The van der Waals surface area contributed by atoms with Crippen LogP contribution in [-0.2, 0) is 44.6 Å². The largest absolute Gasteiger partial charge is 1.00 e. The molecule has 20 nitrogen and oxygen atoms in total. The van der Waals surface area contributed by atoms with Crippen molar-refractivity contribution in [2.75, 3.05) is 19.8 Å². The van der Waals surface area contributed by atoms with Crippen LogP contribution >= 0.6 is 0 Å². The number of aliphatic hydroxyl groups is 6. The van der Waals surface area contributed by atoms with Crippen molar-refractivity contribution >= 4 is 17.7 Å². The molecule has 0 radical (unpaired) electrons. The Labute approximate surface area is 344 Å². The molecule has 1 aromatic carbocycles. The molecule has 3 heterocycles. The number of aliphatic carboxylic acids is 1. The normalized spacial score (nSPS) is 35.8. The van der Waals surface area contributed by atoms with Gasteiger partial charge in [-0.2, -0.15) is 0 Å². The van der Waals surface area contributed by atoms with Crippen LogP contribution in [0.15, 0.2) is 24.3 Å². The number of nitrogens with zero attached hydrogens (tertiary/aromatic N) is 1. The number of benzene rings is 1. The molecule has 1 unspecified atom stereocenters. The molecule has 4 fully saturated rings. The maximum atomic E-state index is 12.7. The molecule has 4 aliphatic rings. The van der Waals surface area contributed by atoms with Crippen LogP contribution in [0.3, 0.4) is 0 Å². The van der Waals surface area contributed by atoms with E-state index in [0.29, 0.717) is 5.56 Å². The summed E-state index contributed by atoms with van der Waals surface area (Å²) < 4.78 is 40.6. The van der Waals surface area contributed by atoms with Crippen LogP contribution in [0.4, 0.5) is 10.5 Å². The fourth-order valence-electron chi connectivity index (χ4n) is 7.33. The number of carbonyl (C=O) groups is 2. The van der Waals surface area contributed by atoms with Gasteiger partial charge in [-0.15, -0.1) is 0 Å². The first kappa shape index (κ1) is 46.6. The molecule has 0 spiro atoms. The fourth-order valence-corrected chi connectivity index (χ4v) is 7.33. The second-order valence-corrected chi connectivity index (χ2v) is 14.4. The zero-order chi connectivity index (χ0) is 39.8. The van der Waals surface area contributed by atoms with Crippen LogP contribution < -0.4 is 40.0 Å². The number of nitro benzene ring substituents is 1. The number of carbonyl (C=O) groups excluding carboxylic acids is 2. The number of carboxylic acid groups (broad SMARTS) is 1. The third kappa shape index (κ3) is 12.0. The zero-order valence-corrected chi connectivity index (χ0v) is 33.3. The van der Waals surface area contributed by atoms with Gasteiger partial charge in [-0.1, -0.05) is 32.1 Å². The second kappa shape index (κ2) is 21.8. The van der Waals surface area contributed by atoms with Crippen LogP contribution in [0.1, 0.15) is 57.4 Å². The molecule has 1 aromatic rings. The van der Waals surface area contributed by atoms with Gasteiger partial charge in [0.25, 0.3) is 5.69 Å². The molecule has 1 saturated carbocycles. The summed E-state index contributed by atoms with van der Waals surface area (Å²) >= 11 is 0. The van der Waals surface area contributed by atoms with Gasteiger partial charge in [-0.25, -0.2) is 4.79 Å². The Bertz CT molecular complexity index is 1410. The number of rotatable bonds is 15. The van der Waals surface area contributed by atoms with E-state index in [2.05, 4.69) is 5.32 Å². The van der Waals surface area contributed by atoms with E-state index in [1.54, 1.807) is 0 Å². The molecule has 3 saturated heterocycles. The van der Waals surface area contributed by atoms with Gasteiger partial charge in [0, 0.05) is 25.3 Å². The molecule has 310 valence electrons. The van der Waals surface area contributed by atoms with Crippen LogP contribution in [0.2, 0.25) is 0 Å². The quantitative estimate of drug-likeness (QED) is 0.0496. The van der Waals surface area contributed by atoms with Crippen molar-refractivity contribution in [1.82, 2.24) is 5.32 Å². The third-order valence-corrected chi connectivity index (χ3v) is 10.5. The van der Waals surface area contributed by atoms with Crippen LogP contribution in [0.5, 0.6) is 0 Å². The van der Waals surface area contributed by atoms with Crippen molar-refractivity contribution in [3.8, 4) is 0 Å². The van der Waals surface area contributed by atoms with Crippen molar-refractivity contribution in [2.24, 2.45) is 5.92 Å². The molecule has 0 aromatic heterocycles. The second-order valence-electron chi connectivity index (χ2n) is 14.4. The summed E-state index contributed by atoms with van der Waals surface area (Å²) in [4.78, 5) is 35.2. The molecular weight excluding hydrogens is 759 g/mol. The van der Waals surface area contributed by atoms with Gasteiger partial charge < -0.3 is 79.0 Å². The Morgan fingerprint density at radius 2 is 1.57 bits per heavy atom. The average Bonchev–Trinajstić information content (AvgIpc) is 3.17. The number of alkyl carbamates (subject to hydrolysis) is 1. The number of hydrogen-bond acceptors (Lipinski definition) is 18. The van der Waals surface area contributed by atoms with Gasteiger partial charge in [0.15, 0.2) is 12.6 Å². The van der Waals surface area contributed by atoms with Gasteiger partial charge in [-0.3, -0.25) is 10.1 Å². The number of ether oxygens (including phenoxy) is 7. The van der Waals surface area contributed by atoms with Crippen molar-refractivity contribution in [2.45, 2.75) is 144 Å². The maximum absolute atomic E-state index is 12.7. The van der Waals surface area contributed by atoms with E-state index in [0.717, 1.165) is 32.1 Å². The monoisotopic (exact) mass is 810 g/mol. The summed E-state index contributed by atoms with van der Waals surface area (Å²) in [5.41, 5.74) is 0.338. The van der Waals surface area contributed by atoms with E-state index >= 15 is 0 Å². The smallest absolute Gasteiger partial charge is 0.547 e. The standard InChI is InChI=1S/C35H52N2O18.Na/c1-17-25(39)27(41)28(42)33(51-17)55-30-21(11-12-49-23(30)14-36-35(46)50-16-19-7-9-20(10-8-19)37(47)48)53-34-29(43)31(26(40)24(15-38)54-34)52-22(32(44)45)13-18-5-3-2-4-6-18;/h7-10,17-18,21-31,33-34,38-43H,2-6,11-16H2,1H3,(H,36,46)(H,44,45);/q;+1/p-1/t17-,21+,22+,23?,24+,25+,26-,27-,28+,29-,30-,31+,33-,34+;/m1./s1. The van der Waals surface area contributed by atoms with E-state index < -0.39 is 109 Å². The van der Waals surface area contributed by atoms with E-state index in [9.17, 15) is 55.4 Å². The van der Waals surface area contributed by atoms with Gasteiger partial charge in [-0.05, 0) is 43.4 Å². The predicted molar refractivity (Wildman–Crippen MR) is 180 cm³/mol. The van der Waals surface area contributed by atoms with E-state index in [4.69, 9.17) is 33.2 Å². The summed E-state index contributed by atoms with van der Waals surface area (Å²) in [6, 6.07) is 5.38. The first-order valence-corrected chi connectivity index (χ1v) is 18.5. The van der Waals surface area contributed by atoms with Crippen LogP contribution in [0.25, 0.3) is 0 Å². The molecular formula is C35H51N2NaO18. The Balaban J connectivity index is 0.00000696. The first-order valence-electron chi connectivity index (χ1n) is 18.5. The van der Waals surface area contributed by atoms with Crippen molar-refractivity contribution < 1.29 is 113 Å². The minimum atomic E-state index is -1.80. The van der Waals surface area contributed by atoms with Crippen LogP contribution in [0, 0.1) is 16.0 Å². The molecule has 1 amide bonds. The minimum absolute atomic E-state index is 0. The predicted octanol–water partition coefficient (Wildman–Crippen LogP) is -4.88. The topological polar surface area (TPSA) is 298 Å². The number of nitrogens with one attached hydrogen (secondary N) is 1. The summed E-state index contributed by atoms with van der Waals surface area (Å²) in [6.45, 7) is 0.193. The Morgan fingerprint density at radius 3 is 2.21 bits per heavy atom. The Morgan fingerprint density at radius 1 is 0.893 bits per heavy atom. The van der Waals surface area contributed by atoms with Crippen LogP contribution in [-0.4, -0.2) is 153 Å². The van der Waals surface area contributed by atoms with Crippen molar-refractivity contribution in [1.29, 1.82) is 0 Å². The van der Waals surface area contributed by atoms with Gasteiger partial charge in [0.1, 0.15) is 61.5 Å². The number of amides is 1. The summed E-state index contributed by atoms with van der Waals surface area (Å²) in [6.07, 6.45) is -16.6. The molecule has 5 rings (SSSR count). The summed E-state index contributed by atoms with van der Waals surface area (Å²) in [5, 5.41) is 89.5.